The molecule has 5 nitrogen and oxygen atoms in total. The van der Waals surface area contributed by atoms with Crippen LogP contribution < -0.4 is 15.2 Å². The maximum atomic E-state index is 12.9. The van der Waals surface area contributed by atoms with Gasteiger partial charge in [-0.05, 0) is 38.3 Å². The number of nitrogens with two attached hydrogens (primary N) is 1. The maximum Gasteiger partial charge on any atom is 0.258 e. The molecule has 0 spiro atoms. The molecule has 0 bridgehead atoms. The number of carbonyl (C=O) groups excluding carboxylic acids is 1. The molecule has 2 N–H and O–H groups in total. The first-order chi connectivity index (χ1) is 10.2. The summed E-state index contributed by atoms with van der Waals surface area (Å²) in [5, 5.41) is 0. The van der Waals surface area contributed by atoms with Gasteiger partial charge in [0.1, 0.15) is 13.2 Å². The summed E-state index contributed by atoms with van der Waals surface area (Å²) in [6.45, 7) is 3.73. The van der Waals surface area contributed by atoms with Gasteiger partial charge in [0.2, 0.25) is 0 Å². The van der Waals surface area contributed by atoms with E-state index in [1.54, 1.807) is 0 Å². The van der Waals surface area contributed by atoms with Crippen molar-refractivity contribution in [2.45, 2.75) is 38.3 Å². The second-order valence-corrected chi connectivity index (χ2v) is 5.75. The van der Waals surface area contributed by atoms with Crippen LogP contribution in [0.4, 0.5) is 0 Å². The molecule has 2 aliphatic heterocycles. The number of fused-ring (bicyclic) bond motifs is 1. The first kappa shape index (κ1) is 14.2. The predicted molar refractivity (Wildman–Crippen MR) is 79.8 cm³/mol. The molecule has 1 saturated heterocycles. The molecule has 2 unspecified atom stereocenters. The molecule has 2 atom stereocenters. The van der Waals surface area contributed by atoms with Crippen molar-refractivity contribution in [3.63, 3.8) is 0 Å². The quantitative estimate of drug-likeness (QED) is 0.902. The van der Waals surface area contributed by atoms with Crippen LogP contribution in [-0.4, -0.2) is 42.6 Å². The van der Waals surface area contributed by atoms with Gasteiger partial charge in [-0.3, -0.25) is 4.79 Å². The van der Waals surface area contributed by atoms with Gasteiger partial charge >= 0.3 is 0 Å². The van der Waals surface area contributed by atoms with Crippen molar-refractivity contribution in [3.05, 3.63) is 23.8 Å². The molecule has 1 aromatic rings. The number of hydrogen-bond donors (Lipinski definition) is 1. The number of amides is 1. The lowest BCUT2D eigenvalue weighted by Crippen LogP contribution is -2.51. The largest absolute Gasteiger partial charge is 0.486 e. The smallest absolute Gasteiger partial charge is 0.258 e. The van der Waals surface area contributed by atoms with Crippen molar-refractivity contribution in [2.24, 2.45) is 5.73 Å². The van der Waals surface area contributed by atoms with Crippen LogP contribution in [0.2, 0.25) is 0 Å². The van der Waals surface area contributed by atoms with Crippen molar-refractivity contribution >= 4 is 5.91 Å². The van der Waals surface area contributed by atoms with E-state index >= 15 is 0 Å². The third-order valence-electron chi connectivity index (χ3n) is 4.21. The molecule has 2 heterocycles. The first-order valence-electron chi connectivity index (χ1n) is 7.63. The summed E-state index contributed by atoms with van der Waals surface area (Å²) in [6.07, 6.45) is 3.12. The Balaban J connectivity index is 1.91. The molecule has 3 rings (SSSR count). The number of benzene rings is 1. The van der Waals surface area contributed by atoms with E-state index in [2.05, 4.69) is 0 Å². The van der Waals surface area contributed by atoms with Crippen molar-refractivity contribution in [2.75, 3.05) is 19.8 Å². The zero-order valence-electron chi connectivity index (χ0n) is 12.4. The third kappa shape index (κ3) is 2.70. The minimum Gasteiger partial charge on any atom is -0.486 e. The van der Waals surface area contributed by atoms with Gasteiger partial charge in [-0.2, -0.15) is 0 Å². The fourth-order valence-electron chi connectivity index (χ4n) is 3.15. The summed E-state index contributed by atoms with van der Waals surface area (Å²) in [6, 6.07) is 5.57. The van der Waals surface area contributed by atoms with E-state index in [1.165, 1.54) is 0 Å². The van der Waals surface area contributed by atoms with Crippen LogP contribution in [0.3, 0.4) is 0 Å². The summed E-state index contributed by atoms with van der Waals surface area (Å²) >= 11 is 0. The van der Waals surface area contributed by atoms with Crippen LogP contribution >= 0.6 is 0 Å². The topological polar surface area (TPSA) is 64.8 Å². The van der Waals surface area contributed by atoms with E-state index in [1.807, 2.05) is 30.0 Å². The molecule has 0 radical (unpaired) electrons. The van der Waals surface area contributed by atoms with Gasteiger partial charge in [0, 0.05) is 18.6 Å². The standard InChI is InChI=1S/C16H22N2O3/c1-11(17)13-6-2-3-8-18(13)16(19)12-5-4-7-14-15(12)21-10-9-20-14/h4-5,7,11,13H,2-3,6,8-10,17H2,1H3. The SMILES string of the molecule is CC(N)C1CCCCN1C(=O)c1cccc2c1OCCO2. The van der Waals surface area contributed by atoms with E-state index in [0.29, 0.717) is 30.3 Å². The zero-order chi connectivity index (χ0) is 14.8. The number of carbonyl (C=O) groups is 1. The molecule has 1 fully saturated rings. The van der Waals surface area contributed by atoms with Gasteiger partial charge in [-0.15, -0.1) is 0 Å². The molecule has 1 aromatic carbocycles. The highest BCUT2D eigenvalue weighted by molar-refractivity contribution is 5.98. The van der Waals surface area contributed by atoms with Gasteiger partial charge in [0.15, 0.2) is 11.5 Å². The number of nitrogens with zero attached hydrogens (tertiary/aromatic N) is 1. The summed E-state index contributed by atoms with van der Waals surface area (Å²) in [4.78, 5) is 14.8. The van der Waals surface area contributed by atoms with E-state index in [0.717, 1.165) is 25.8 Å². The third-order valence-corrected chi connectivity index (χ3v) is 4.21. The molecular weight excluding hydrogens is 268 g/mol. The Labute approximate surface area is 125 Å². The van der Waals surface area contributed by atoms with Crippen molar-refractivity contribution in [1.82, 2.24) is 4.90 Å². The van der Waals surface area contributed by atoms with Crippen LogP contribution in [0, 0.1) is 0 Å². The number of ether oxygens (including phenoxy) is 2. The summed E-state index contributed by atoms with van der Waals surface area (Å²) < 4.78 is 11.2. The number of para-hydroxylation sites is 1. The number of piperidine rings is 1. The van der Waals surface area contributed by atoms with Gasteiger partial charge in [0.05, 0.1) is 5.56 Å². The Morgan fingerprint density at radius 1 is 1.33 bits per heavy atom. The Hall–Kier alpha value is -1.75. The van der Waals surface area contributed by atoms with E-state index < -0.39 is 0 Å². The number of likely N-dealkylation sites (tertiary alicyclic amines) is 1. The molecule has 0 aromatic heterocycles. The summed E-state index contributed by atoms with van der Waals surface area (Å²) in [5.41, 5.74) is 6.64. The van der Waals surface area contributed by atoms with Crippen LogP contribution in [-0.2, 0) is 0 Å². The molecule has 114 valence electrons. The lowest BCUT2D eigenvalue weighted by Gasteiger charge is -2.38. The second kappa shape index (κ2) is 5.93. The molecule has 0 aliphatic carbocycles. The minimum atomic E-state index is -0.0223. The van der Waals surface area contributed by atoms with Crippen molar-refractivity contribution in [1.29, 1.82) is 0 Å². The van der Waals surface area contributed by atoms with Crippen LogP contribution in [0.25, 0.3) is 0 Å². The zero-order valence-corrected chi connectivity index (χ0v) is 12.4. The normalized spacial score (nSPS) is 22.8. The Bertz CT molecular complexity index is 530. The monoisotopic (exact) mass is 290 g/mol. The van der Waals surface area contributed by atoms with Gasteiger partial charge < -0.3 is 20.1 Å². The second-order valence-electron chi connectivity index (χ2n) is 5.75. The lowest BCUT2D eigenvalue weighted by atomic mass is 9.96. The summed E-state index contributed by atoms with van der Waals surface area (Å²) in [5.74, 6) is 1.23. The molecule has 1 amide bonds. The fraction of sp³-hybridized carbons (Fsp3) is 0.562. The lowest BCUT2D eigenvalue weighted by molar-refractivity contribution is 0.0574. The highest BCUT2D eigenvalue weighted by Crippen LogP contribution is 2.35. The predicted octanol–water partition coefficient (Wildman–Crippen LogP) is 1.80. The van der Waals surface area contributed by atoms with Crippen molar-refractivity contribution < 1.29 is 14.3 Å². The number of rotatable bonds is 2. The molecule has 0 saturated carbocycles. The van der Waals surface area contributed by atoms with Crippen LogP contribution in [0.15, 0.2) is 18.2 Å². The van der Waals surface area contributed by atoms with Crippen LogP contribution in [0.5, 0.6) is 11.5 Å². The number of hydrogen-bond acceptors (Lipinski definition) is 4. The molecule has 2 aliphatic rings. The Morgan fingerprint density at radius 3 is 2.95 bits per heavy atom. The van der Waals surface area contributed by atoms with E-state index in [4.69, 9.17) is 15.2 Å². The maximum absolute atomic E-state index is 12.9. The fourth-order valence-corrected chi connectivity index (χ4v) is 3.15. The van der Waals surface area contributed by atoms with Crippen LogP contribution in [0.1, 0.15) is 36.5 Å². The molecule has 21 heavy (non-hydrogen) atoms. The average Bonchev–Trinajstić information content (AvgIpc) is 2.53. The van der Waals surface area contributed by atoms with Gasteiger partial charge in [0.25, 0.3) is 5.91 Å². The van der Waals surface area contributed by atoms with Crippen molar-refractivity contribution in [3.8, 4) is 11.5 Å². The van der Waals surface area contributed by atoms with E-state index in [-0.39, 0.29) is 18.0 Å². The minimum absolute atomic E-state index is 0.000602. The van der Waals surface area contributed by atoms with Gasteiger partial charge in [-0.1, -0.05) is 6.07 Å². The van der Waals surface area contributed by atoms with Gasteiger partial charge in [-0.25, -0.2) is 0 Å². The Kier molecular flexibility index (Phi) is 4.01. The van der Waals surface area contributed by atoms with E-state index in [9.17, 15) is 4.79 Å². The average molecular weight is 290 g/mol. The molecular formula is C16H22N2O3. The molecule has 5 heteroatoms. The first-order valence-corrected chi connectivity index (χ1v) is 7.63. The summed E-state index contributed by atoms with van der Waals surface area (Å²) in [7, 11) is 0. The highest BCUT2D eigenvalue weighted by Gasteiger charge is 2.32. The Morgan fingerprint density at radius 2 is 2.14 bits per heavy atom. The highest BCUT2D eigenvalue weighted by atomic mass is 16.6.